The Labute approximate surface area is 135 Å². The molecular weight excluding hydrogens is 297 g/mol. The molecule has 1 aliphatic rings. The zero-order valence-electron chi connectivity index (χ0n) is 12.8. The van der Waals surface area contributed by atoms with Crippen molar-refractivity contribution in [3.63, 3.8) is 0 Å². The van der Waals surface area contributed by atoms with Gasteiger partial charge in [0.2, 0.25) is 11.8 Å². The molecule has 2 rings (SSSR count). The van der Waals surface area contributed by atoms with E-state index >= 15 is 0 Å². The highest BCUT2D eigenvalue weighted by Crippen LogP contribution is 2.20. The van der Waals surface area contributed by atoms with Gasteiger partial charge in [-0.25, -0.2) is 4.39 Å². The minimum absolute atomic E-state index is 0.175. The standard InChI is InChI=1S/C17H20FN3O2/c1-2-9-21-10-7-13(8-11-21)17(23)20-15(16(19)22)12-3-5-14(18)6-4-12/h1,3-6,13,15H,7-11H2,(H2,19,22)(H,20,23)/t15-/m1/s1. The van der Waals surface area contributed by atoms with Gasteiger partial charge in [0, 0.05) is 5.92 Å². The van der Waals surface area contributed by atoms with E-state index in [0.717, 1.165) is 13.1 Å². The van der Waals surface area contributed by atoms with Gasteiger partial charge in [-0.1, -0.05) is 18.1 Å². The second-order valence-corrected chi connectivity index (χ2v) is 5.65. The van der Waals surface area contributed by atoms with E-state index in [0.29, 0.717) is 24.9 Å². The first-order chi connectivity index (χ1) is 11.0. The molecule has 5 nitrogen and oxygen atoms in total. The summed E-state index contributed by atoms with van der Waals surface area (Å²) in [6.07, 6.45) is 6.64. The van der Waals surface area contributed by atoms with Gasteiger partial charge in [-0.15, -0.1) is 6.42 Å². The van der Waals surface area contributed by atoms with Crippen LogP contribution in [0.1, 0.15) is 24.4 Å². The van der Waals surface area contributed by atoms with E-state index in [2.05, 4.69) is 16.1 Å². The lowest BCUT2D eigenvalue weighted by Gasteiger charge is -2.30. The summed E-state index contributed by atoms with van der Waals surface area (Å²) in [6, 6.07) is 4.40. The van der Waals surface area contributed by atoms with Gasteiger partial charge < -0.3 is 11.1 Å². The summed E-state index contributed by atoms with van der Waals surface area (Å²) in [5, 5.41) is 2.67. The van der Waals surface area contributed by atoms with E-state index in [4.69, 9.17) is 12.2 Å². The van der Waals surface area contributed by atoms with Crippen molar-refractivity contribution in [1.29, 1.82) is 0 Å². The lowest BCUT2D eigenvalue weighted by molar-refractivity contribution is -0.131. The van der Waals surface area contributed by atoms with Crippen LogP contribution in [-0.4, -0.2) is 36.3 Å². The average molecular weight is 317 g/mol. The van der Waals surface area contributed by atoms with Gasteiger partial charge in [0.1, 0.15) is 11.9 Å². The summed E-state index contributed by atoms with van der Waals surface area (Å²) in [4.78, 5) is 26.1. The third-order valence-electron chi connectivity index (χ3n) is 4.05. The molecule has 2 amide bonds. The molecule has 0 aliphatic carbocycles. The van der Waals surface area contributed by atoms with Gasteiger partial charge in [-0.3, -0.25) is 14.5 Å². The summed E-state index contributed by atoms with van der Waals surface area (Å²) in [7, 11) is 0. The molecule has 1 aromatic carbocycles. The Morgan fingerprint density at radius 2 is 1.96 bits per heavy atom. The van der Waals surface area contributed by atoms with Crippen molar-refractivity contribution in [3.8, 4) is 12.3 Å². The molecule has 0 aromatic heterocycles. The lowest BCUT2D eigenvalue weighted by atomic mass is 9.95. The quantitative estimate of drug-likeness (QED) is 0.789. The number of terminal acetylenes is 1. The van der Waals surface area contributed by atoms with E-state index < -0.39 is 17.8 Å². The number of primary amides is 1. The molecule has 3 N–H and O–H groups in total. The smallest absolute Gasteiger partial charge is 0.244 e. The maximum absolute atomic E-state index is 13.0. The van der Waals surface area contributed by atoms with Crippen LogP contribution in [0.2, 0.25) is 0 Å². The highest BCUT2D eigenvalue weighted by molar-refractivity contribution is 5.88. The molecule has 0 bridgehead atoms. The summed E-state index contributed by atoms with van der Waals surface area (Å²) in [5.74, 6) is 1.12. The Balaban J connectivity index is 1.98. The molecule has 1 heterocycles. The van der Waals surface area contributed by atoms with Crippen LogP contribution in [0.4, 0.5) is 4.39 Å². The first-order valence-electron chi connectivity index (χ1n) is 7.52. The number of amides is 2. The fourth-order valence-electron chi connectivity index (χ4n) is 2.72. The van der Waals surface area contributed by atoms with E-state index in [1.807, 2.05) is 0 Å². The Bertz CT molecular complexity index is 601. The van der Waals surface area contributed by atoms with Gasteiger partial charge >= 0.3 is 0 Å². The second-order valence-electron chi connectivity index (χ2n) is 5.65. The highest BCUT2D eigenvalue weighted by Gasteiger charge is 2.28. The van der Waals surface area contributed by atoms with Gasteiger partial charge in [0.05, 0.1) is 6.54 Å². The number of piperidine rings is 1. The number of benzene rings is 1. The van der Waals surface area contributed by atoms with Gasteiger partial charge in [-0.05, 0) is 43.6 Å². The van der Waals surface area contributed by atoms with Crippen LogP contribution in [0.3, 0.4) is 0 Å². The molecule has 1 saturated heterocycles. The van der Waals surface area contributed by atoms with Crippen LogP contribution in [-0.2, 0) is 9.59 Å². The molecule has 6 heteroatoms. The number of carbonyl (C=O) groups is 2. The van der Waals surface area contributed by atoms with Crippen molar-refractivity contribution < 1.29 is 14.0 Å². The van der Waals surface area contributed by atoms with Crippen molar-refractivity contribution >= 4 is 11.8 Å². The minimum atomic E-state index is -0.952. The summed E-state index contributed by atoms with van der Waals surface area (Å²) < 4.78 is 13.0. The Hall–Kier alpha value is -2.39. The number of hydrogen-bond acceptors (Lipinski definition) is 3. The molecule has 1 aliphatic heterocycles. The molecule has 0 saturated carbocycles. The minimum Gasteiger partial charge on any atom is -0.368 e. The SMILES string of the molecule is C#CCN1CCC(C(=O)N[C@@H](C(N)=O)c2ccc(F)cc2)CC1. The zero-order valence-corrected chi connectivity index (χ0v) is 12.8. The van der Waals surface area contributed by atoms with Crippen molar-refractivity contribution in [1.82, 2.24) is 10.2 Å². The number of carbonyl (C=O) groups excluding carboxylic acids is 2. The molecule has 1 atom stereocenters. The highest BCUT2D eigenvalue weighted by atomic mass is 19.1. The Morgan fingerprint density at radius 1 is 1.35 bits per heavy atom. The number of nitrogens with zero attached hydrogens (tertiary/aromatic N) is 1. The van der Waals surface area contributed by atoms with E-state index in [1.54, 1.807) is 0 Å². The maximum Gasteiger partial charge on any atom is 0.244 e. The van der Waals surface area contributed by atoms with Crippen molar-refractivity contribution in [2.24, 2.45) is 11.7 Å². The van der Waals surface area contributed by atoms with Crippen LogP contribution in [0.5, 0.6) is 0 Å². The molecule has 1 fully saturated rings. The summed E-state index contributed by atoms with van der Waals surface area (Å²) >= 11 is 0. The number of nitrogens with two attached hydrogens (primary N) is 1. The lowest BCUT2D eigenvalue weighted by Crippen LogP contribution is -2.44. The number of likely N-dealkylation sites (tertiary alicyclic amines) is 1. The van der Waals surface area contributed by atoms with Gasteiger partial charge in [0.15, 0.2) is 0 Å². The van der Waals surface area contributed by atoms with Crippen LogP contribution in [0, 0.1) is 24.1 Å². The largest absolute Gasteiger partial charge is 0.368 e. The third kappa shape index (κ3) is 4.54. The number of rotatable bonds is 5. The zero-order chi connectivity index (χ0) is 16.8. The number of nitrogens with one attached hydrogen (secondary N) is 1. The Morgan fingerprint density at radius 3 is 2.48 bits per heavy atom. The van der Waals surface area contributed by atoms with Crippen molar-refractivity contribution in [2.45, 2.75) is 18.9 Å². The van der Waals surface area contributed by atoms with Crippen LogP contribution in [0.25, 0.3) is 0 Å². The predicted octanol–water partition coefficient (Wildman–Crippen LogP) is 0.814. The van der Waals surface area contributed by atoms with Crippen LogP contribution in [0.15, 0.2) is 24.3 Å². The third-order valence-corrected chi connectivity index (χ3v) is 4.05. The second kappa shape index (κ2) is 7.75. The van der Waals surface area contributed by atoms with E-state index in [1.165, 1.54) is 24.3 Å². The van der Waals surface area contributed by atoms with E-state index in [-0.39, 0.29) is 11.8 Å². The van der Waals surface area contributed by atoms with Crippen LogP contribution < -0.4 is 11.1 Å². The summed E-state index contributed by atoms with van der Waals surface area (Å²) in [5.41, 5.74) is 5.84. The molecule has 0 unspecified atom stereocenters. The molecule has 23 heavy (non-hydrogen) atoms. The molecule has 0 radical (unpaired) electrons. The van der Waals surface area contributed by atoms with Crippen molar-refractivity contribution in [2.75, 3.05) is 19.6 Å². The van der Waals surface area contributed by atoms with E-state index in [9.17, 15) is 14.0 Å². The first-order valence-corrected chi connectivity index (χ1v) is 7.52. The maximum atomic E-state index is 13.0. The first kappa shape index (κ1) is 17.0. The fraction of sp³-hybridized carbons (Fsp3) is 0.412. The fourth-order valence-corrected chi connectivity index (χ4v) is 2.72. The predicted molar refractivity (Wildman–Crippen MR) is 84.5 cm³/mol. The average Bonchev–Trinajstić information content (AvgIpc) is 2.54. The molecule has 0 spiro atoms. The summed E-state index contributed by atoms with van der Waals surface area (Å²) in [6.45, 7) is 2.08. The van der Waals surface area contributed by atoms with Gasteiger partial charge in [-0.2, -0.15) is 0 Å². The molecular formula is C17H20FN3O2. The monoisotopic (exact) mass is 317 g/mol. The number of halogens is 1. The normalized spacial score (nSPS) is 17.2. The number of hydrogen-bond donors (Lipinski definition) is 2. The topological polar surface area (TPSA) is 75.4 Å². The van der Waals surface area contributed by atoms with Gasteiger partial charge in [0.25, 0.3) is 0 Å². The molecule has 122 valence electrons. The van der Waals surface area contributed by atoms with Crippen LogP contribution >= 0.6 is 0 Å². The van der Waals surface area contributed by atoms with Crippen molar-refractivity contribution in [3.05, 3.63) is 35.6 Å². The molecule has 1 aromatic rings. The Kier molecular flexibility index (Phi) is 5.72.